The number of carbonyl (C=O) groups is 2. The Hall–Kier alpha value is -2.33. The smallest absolute Gasteiger partial charge is 0.337 e. The molecule has 5 heteroatoms. The Kier molecular flexibility index (Phi) is 5.99. The summed E-state index contributed by atoms with van der Waals surface area (Å²) in [6, 6.07) is 10.2. The summed E-state index contributed by atoms with van der Waals surface area (Å²) in [5.41, 5.74) is 3.41. The highest BCUT2D eigenvalue weighted by molar-refractivity contribution is 6.32. The van der Waals surface area contributed by atoms with E-state index in [0.717, 1.165) is 23.2 Å². The number of methoxy groups -OCH3 is 1. The first kappa shape index (κ1) is 18.0. The van der Waals surface area contributed by atoms with Gasteiger partial charge >= 0.3 is 5.97 Å². The van der Waals surface area contributed by atoms with Crippen molar-refractivity contribution in [1.82, 2.24) is 0 Å². The first-order chi connectivity index (χ1) is 11.5. The maximum absolute atomic E-state index is 12.6. The molecule has 0 aliphatic carbocycles. The quantitative estimate of drug-likeness (QED) is 0.811. The zero-order chi connectivity index (χ0) is 17.7. The van der Waals surface area contributed by atoms with Crippen LogP contribution in [-0.4, -0.2) is 19.0 Å². The minimum absolute atomic E-state index is 0.285. The van der Waals surface area contributed by atoms with E-state index < -0.39 is 5.97 Å². The molecule has 1 amide bonds. The molecule has 2 aromatic carbocycles. The van der Waals surface area contributed by atoms with Crippen molar-refractivity contribution < 1.29 is 14.3 Å². The molecule has 0 atom stereocenters. The molecule has 0 radical (unpaired) electrons. The summed E-state index contributed by atoms with van der Waals surface area (Å²) in [5.74, 6) is -0.761. The van der Waals surface area contributed by atoms with Gasteiger partial charge in [0.1, 0.15) is 0 Å². The van der Waals surface area contributed by atoms with Gasteiger partial charge < -0.3 is 10.1 Å². The van der Waals surface area contributed by atoms with Crippen LogP contribution in [0.1, 0.15) is 45.7 Å². The predicted octanol–water partition coefficient (Wildman–Crippen LogP) is 4.50. The highest BCUT2D eigenvalue weighted by Gasteiger charge is 2.15. The van der Waals surface area contributed by atoms with Crippen molar-refractivity contribution in [1.29, 1.82) is 0 Å². The van der Waals surface area contributed by atoms with Crippen molar-refractivity contribution in [2.24, 2.45) is 0 Å². The van der Waals surface area contributed by atoms with E-state index in [1.807, 2.05) is 26.0 Å². The Balaban J connectivity index is 2.37. The van der Waals surface area contributed by atoms with Crippen LogP contribution in [0.3, 0.4) is 0 Å². The number of carbonyl (C=O) groups excluding carboxylic acids is 2. The number of rotatable bonds is 5. The van der Waals surface area contributed by atoms with Gasteiger partial charge in [0.15, 0.2) is 0 Å². The fraction of sp³-hybridized carbons (Fsp3) is 0.263. The van der Waals surface area contributed by atoms with Crippen LogP contribution in [0.15, 0.2) is 36.4 Å². The van der Waals surface area contributed by atoms with Crippen LogP contribution in [-0.2, 0) is 17.6 Å². The van der Waals surface area contributed by atoms with Gasteiger partial charge in [0.2, 0.25) is 0 Å². The topological polar surface area (TPSA) is 55.4 Å². The number of ether oxygens (including phenoxy) is 1. The molecule has 0 unspecified atom stereocenters. The number of amides is 1. The number of nitrogens with one attached hydrogen (secondary N) is 1. The fourth-order valence-electron chi connectivity index (χ4n) is 2.56. The van der Waals surface area contributed by atoms with E-state index in [-0.39, 0.29) is 5.91 Å². The molecule has 0 saturated heterocycles. The molecule has 0 fully saturated rings. The van der Waals surface area contributed by atoms with Gasteiger partial charge in [0.25, 0.3) is 5.91 Å². The van der Waals surface area contributed by atoms with Gasteiger partial charge in [0.05, 0.1) is 12.7 Å². The lowest BCUT2D eigenvalue weighted by molar-refractivity contribution is 0.0600. The first-order valence-corrected chi connectivity index (χ1v) is 8.19. The second-order valence-electron chi connectivity index (χ2n) is 5.29. The maximum Gasteiger partial charge on any atom is 0.337 e. The summed E-state index contributed by atoms with van der Waals surface area (Å²) >= 11 is 6.26. The van der Waals surface area contributed by atoms with Gasteiger partial charge in [-0.15, -0.1) is 0 Å². The predicted molar refractivity (Wildman–Crippen MR) is 95.9 cm³/mol. The molecular weight excluding hydrogens is 326 g/mol. The summed E-state index contributed by atoms with van der Waals surface area (Å²) in [7, 11) is 1.31. The lowest BCUT2D eigenvalue weighted by atomic mass is 10.0. The van der Waals surface area contributed by atoms with E-state index in [0.29, 0.717) is 22.6 Å². The molecule has 2 rings (SSSR count). The molecular formula is C19H20ClNO3. The Morgan fingerprint density at radius 2 is 1.79 bits per heavy atom. The van der Waals surface area contributed by atoms with Crippen molar-refractivity contribution in [3.05, 3.63) is 63.7 Å². The lowest BCUT2D eigenvalue weighted by Crippen LogP contribution is -2.16. The van der Waals surface area contributed by atoms with Gasteiger partial charge in [0, 0.05) is 16.3 Å². The fourth-order valence-corrected chi connectivity index (χ4v) is 2.85. The highest BCUT2D eigenvalue weighted by Crippen LogP contribution is 2.30. The zero-order valence-corrected chi connectivity index (χ0v) is 14.7. The van der Waals surface area contributed by atoms with Crippen LogP contribution in [0.2, 0.25) is 5.02 Å². The molecule has 4 nitrogen and oxygen atoms in total. The summed E-state index contributed by atoms with van der Waals surface area (Å²) in [6.07, 6.45) is 1.49. The number of halogens is 1. The van der Waals surface area contributed by atoms with Crippen LogP contribution < -0.4 is 5.32 Å². The SMILES string of the molecule is CCc1ccc(Cl)c(CC)c1NC(=O)c1cccc(C(=O)OC)c1. The van der Waals surface area contributed by atoms with Crippen LogP contribution in [0, 0.1) is 0 Å². The van der Waals surface area contributed by atoms with Crippen LogP contribution in [0.5, 0.6) is 0 Å². The van der Waals surface area contributed by atoms with E-state index in [2.05, 4.69) is 10.1 Å². The minimum Gasteiger partial charge on any atom is -0.465 e. The highest BCUT2D eigenvalue weighted by atomic mass is 35.5. The third kappa shape index (κ3) is 3.77. The number of hydrogen-bond acceptors (Lipinski definition) is 3. The average molecular weight is 346 g/mol. The van der Waals surface area contributed by atoms with Crippen LogP contribution in [0.25, 0.3) is 0 Å². The second kappa shape index (κ2) is 7.97. The Labute approximate surface area is 146 Å². The Bertz CT molecular complexity index is 771. The molecule has 0 spiro atoms. The molecule has 0 aliphatic rings. The average Bonchev–Trinajstić information content (AvgIpc) is 2.61. The number of aryl methyl sites for hydroxylation is 1. The molecule has 0 heterocycles. The van der Waals surface area contributed by atoms with Crippen molar-refractivity contribution in [3.63, 3.8) is 0 Å². The molecule has 1 N–H and O–H groups in total. The Morgan fingerprint density at radius 3 is 2.42 bits per heavy atom. The maximum atomic E-state index is 12.6. The number of hydrogen-bond donors (Lipinski definition) is 1. The van der Waals surface area contributed by atoms with E-state index in [9.17, 15) is 9.59 Å². The lowest BCUT2D eigenvalue weighted by Gasteiger charge is -2.16. The molecule has 126 valence electrons. The number of anilines is 1. The van der Waals surface area contributed by atoms with Crippen LogP contribution >= 0.6 is 11.6 Å². The van der Waals surface area contributed by atoms with Crippen LogP contribution in [0.4, 0.5) is 5.69 Å². The Morgan fingerprint density at radius 1 is 1.08 bits per heavy atom. The summed E-state index contributed by atoms with van der Waals surface area (Å²) in [5, 5.41) is 3.58. The monoisotopic (exact) mass is 345 g/mol. The van der Waals surface area contributed by atoms with E-state index in [1.165, 1.54) is 13.2 Å². The number of benzene rings is 2. The first-order valence-electron chi connectivity index (χ1n) is 7.81. The van der Waals surface area contributed by atoms with Gasteiger partial charge in [-0.25, -0.2) is 4.79 Å². The van der Waals surface area contributed by atoms with Crippen molar-refractivity contribution >= 4 is 29.2 Å². The second-order valence-corrected chi connectivity index (χ2v) is 5.70. The normalized spacial score (nSPS) is 10.3. The van der Waals surface area contributed by atoms with Crippen molar-refractivity contribution in [3.8, 4) is 0 Å². The number of esters is 1. The van der Waals surface area contributed by atoms with E-state index >= 15 is 0 Å². The van der Waals surface area contributed by atoms with E-state index in [1.54, 1.807) is 18.2 Å². The molecule has 0 saturated carbocycles. The minimum atomic E-state index is -0.476. The molecule has 0 aliphatic heterocycles. The summed E-state index contributed by atoms with van der Waals surface area (Å²) < 4.78 is 4.69. The molecule has 0 bridgehead atoms. The standard InChI is InChI=1S/C19H20ClNO3/c1-4-12-9-10-16(20)15(5-2)17(12)21-18(22)13-7-6-8-14(11-13)19(23)24-3/h6-11H,4-5H2,1-3H3,(H,21,22). The zero-order valence-electron chi connectivity index (χ0n) is 14.0. The largest absolute Gasteiger partial charge is 0.465 e. The van der Waals surface area contributed by atoms with E-state index in [4.69, 9.17) is 11.6 Å². The summed E-state index contributed by atoms with van der Waals surface area (Å²) in [4.78, 5) is 24.2. The molecule has 2 aromatic rings. The molecule has 24 heavy (non-hydrogen) atoms. The molecule has 0 aromatic heterocycles. The van der Waals surface area contributed by atoms with Crippen molar-refractivity contribution in [2.75, 3.05) is 12.4 Å². The van der Waals surface area contributed by atoms with Gasteiger partial charge in [-0.1, -0.05) is 37.6 Å². The van der Waals surface area contributed by atoms with Gasteiger partial charge in [-0.3, -0.25) is 4.79 Å². The summed E-state index contributed by atoms with van der Waals surface area (Å²) in [6.45, 7) is 4.02. The third-order valence-corrected chi connectivity index (χ3v) is 4.21. The third-order valence-electron chi connectivity index (χ3n) is 3.86. The van der Waals surface area contributed by atoms with Crippen molar-refractivity contribution in [2.45, 2.75) is 26.7 Å². The van der Waals surface area contributed by atoms with Gasteiger partial charge in [-0.05, 0) is 48.2 Å². The van der Waals surface area contributed by atoms with Gasteiger partial charge in [-0.2, -0.15) is 0 Å².